The Kier molecular flexibility index (Phi) is 20.0. The van der Waals surface area contributed by atoms with Crippen LogP contribution in [-0.4, -0.2) is 140 Å². The summed E-state index contributed by atoms with van der Waals surface area (Å²) in [5.41, 5.74) is 1.27. The van der Waals surface area contributed by atoms with Crippen LogP contribution in [0.5, 0.6) is 0 Å². The summed E-state index contributed by atoms with van der Waals surface area (Å²) >= 11 is 0. The molecule has 4 bridgehead atoms. The molecule has 382 valence electrons. The van der Waals surface area contributed by atoms with E-state index in [1.165, 1.54) is 12.0 Å². The highest BCUT2D eigenvalue weighted by molar-refractivity contribution is 7.57. The molecular weight excluding hydrogens is 894 g/mol. The lowest BCUT2D eigenvalue weighted by Crippen LogP contribution is -2.65. The zero-order chi connectivity index (χ0) is 50.2. The van der Waals surface area contributed by atoms with Gasteiger partial charge in [-0.15, -0.1) is 0 Å². The fourth-order valence-corrected chi connectivity index (χ4v) is 12.2. The number of rotatable bonds is 7. The summed E-state index contributed by atoms with van der Waals surface area (Å²) < 4.78 is 48.4. The van der Waals surface area contributed by atoms with Gasteiger partial charge in [0.2, 0.25) is 5.79 Å². The Morgan fingerprint density at radius 2 is 1.57 bits per heavy atom. The van der Waals surface area contributed by atoms with Crippen molar-refractivity contribution in [2.45, 2.75) is 167 Å². The highest BCUT2D eigenvalue weighted by atomic mass is 31.2. The summed E-state index contributed by atoms with van der Waals surface area (Å²) in [5.74, 6) is -8.61. The van der Waals surface area contributed by atoms with Gasteiger partial charge in [0.05, 0.1) is 24.4 Å². The highest BCUT2D eigenvalue weighted by Crippen LogP contribution is 2.48. The average Bonchev–Trinajstić information content (AvgIpc) is 3.29. The molecule has 4 heterocycles. The molecule has 68 heavy (non-hydrogen) atoms. The summed E-state index contributed by atoms with van der Waals surface area (Å²) in [6.45, 7) is 14.0. The van der Waals surface area contributed by atoms with Crippen molar-refractivity contribution in [2.75, 3.05) is 41.2 Å². The lowest BCUT2D eigenvalue weighted by atomic mass is 9.68. The van der Waals surface area contributed by atoms with E-state index >= 15 is 0 Å². The molecule has 0 aromatic rings. The first-order valence-electron chi connectivity index (χ1n) is 24.8. The van der Waals surface area contributed by atoms with Gasteiger partial charge in [-0.3, -0.25) is 23.7 Å². The number of ketones is 3. The van der Waals surface area contributed by atoms with Crippen LogP contribution in [0.1, 0.15) is 112 Å². The first kappa shape index (κ1) is 55.8. The summed E-state index contributed by atoms with van der Waals surface area (Å²) in [5, 5.41) is 23.6. The zero-order valence-electron chi connectivity index (χ0n) is 42.3. The first-order valence-corrected chi connectivity index (χ1v) is 27.3. The van der Waals surface area contributed by atoms with Crippen LogP contribution in [0.2, 0.25) is 0 Å². The Hall–Kier alpha value is -3.14. The third-order valence-corrected chi connectivity index (χ3v) is 16.1. The number of aliphatic hydroxyl groups excluding tert-OH is 1. The zero-order valence-corrected chi connectivity index (χ0v) is 43.2. The maximum atomic E-state index is 14.5. The molecule has 5 aliphatic rings. The number of amides is 1. The van der Waals surface area contributed by atoms with Gasteiger partial charge in [0.25, 0.3) is 11.7 Å². The van der Waals surface area contributed by atoms with Gasteiger partial charge in [0.15, 0.2) is 13.2 Å². The summed E-state index contributed by atoms with van der Waals surface area (Å²) in [6.07, 6.45) is 11.0. The Morgan fingerprint density at radius 1 is 0.853 bits per heavy atom. The molecule has 16 heteroatoms. The molecule has 0 spiro atoms. The number of aliphatic hydroxyl groups is 2. The quantitative estimate of drug-likeness (QED) is 0.115. The number of allylic oxidation sites excluding steroid dienone is 6. The molecule has 9 unspecified atom stereocenters. The van der Waals surface area contributed by atoms with Crippen LogP contribution in [0.3, 0.4) is 0 Å². The number of fused-ring (bicyclic) bond motifs is 4. The van der Waals surface area contributed by atoms with Crippen LogP contribution in [0.25, 0.3) is 0 Å². The molecule has 15 nitrogen and oxygen atoms in total. The van der Waals surface area contributed by atoms with Crippen LogP contribution in [0.15, 0.2) is 47.6 Å². The second-order valence-electron chi connectivity index (χ2n) is 20.8. The molecule has 0 aromatic carbocycles. The van der Waals surface area contributed by atoms with E-state index in [9.17, 15) is 38.8 Å². The molecule has 5 rings (SSSR count). The predicted molar refractivity (Wildman–Crippen MR) is 257 cm³/mol. The smallest absolute Gasteiger partial charge is 0.329 e. The van der Waals surface area contributed by atoms with Crippen LogP contribution in [0, 0.1) is 41.4 Å². The molecule has 0 radical (unpaired) electrons. The molecule has 0 aromatic heterocycles. The Bertz CT molecular complexity index is 1970. The van der Waals surface area contributed by atoms with Crippen LogP contribution in [0.4, 0.5) is 0 Å². The topological polar surface area (TPSA) is 201 Å². The number of carbonyl (C=O) groups excluding carboxylic acids is 5. The summed E-state index contributed by atoms with van der Waals surface area (Å²) in [4.78, 5) is 72.5. The lowest BCUT2D eigenvalue weighted by molar-refractivity contribution is -0.266. The third kappa shape index (κ3) is 13.6. The van der Waals surface area contributed by atoms with Crippen molar-refractivity contribution < 1.29 is 67.0 Å². The fraction of sp³-hybridized carbons (Fsp3) is 0.750. The van der Waals surface area contributed by atoms with Gasteiger partial charge in [-0.05, 0) is 101 Å². The third-order valence-electron chi connectivity index (χ3n) is 15.3. The Morgan fingerprint density at radius 3 is 2.24 bits per heavy atom. The molecule has 4 fully saturated rings. The number of piperidine rings is 1. The van der Waals surface area contributed by atoms with Crippen molar-refractivity contribution in [1.29, 1.82) is 0 Å². The number of methoxy groups -OCH3 is 3. The summed E-state index contributed by atoms with van der Waals surface area (Å²) in [7, 11) is 1.73. The van der Waals surface area contributed by atoms with Crippen molar-refractivity contribution in [2.24, 2.45) is 41.4 Å². The molecule has 3 saturated heterocycles. The van der Waals surface area contributed by atoms with E-state index in [0.717, 1.165) is 5.57 Å². The van der Waals surface area contributed by atoms with Gasteiger partial charge < -0.3 is 43.3 Å². The SMILES string of the molecule is COC1CC(CC2[C@H]3CCCN4C(=O)C(=O)C5(O)O[C@@H](CCC5C)C[C@H](OC)\C(C)=C/C=C\C=C/[C@@H](C)CC(C)C(=O)[C@H](OC)C(O)/C(C)=C\C(C)C(=O)C[C@@H]2OC(=O)C34)CC[C@H]1OP(C)(C)=O. The number of carbonyl (C=O) groups is 5. The van der Waals surface area contributed by atoms with E-state index in [0.29, 0.717) is 69.8 Å². The number of nitrogens with zero attached hydrogens (tertiary/aromatic N) is 1. The monoisotopic (exact) mass is 974 g/mol. The second kappa shape index (κ2) is 24.3. The van der Waals surface area contributed by atoms with Crippen LogP contribution < -0.4 is 0 Å². The maximum absolute atomic E-state index is 14.5. The summed E-state index contributed by atoms with van der Waals surface area (Å²) in [6, 6.07) is -1.15. The normalized spacial score (nSPS) is 41.6. The van der Waals surface area contributed by atoms with Crippen molar-refractivity contribution in [3.63, 3.8) is 0 Å². The minimum atomic E-state index is -2.82. The van der Waals surface area contributed by atoms with Crippen LogP contribution in [-0.2, 0) is 56.7 Å². The van der Waals surface area contributed by atoms with Gasteiger partial charge >= 0.3 is 5.97 Å². The average molecular weight is 974 g/mol. The van der Waals surface area contributed by atoms with Crippen molar-refractivity contribution in [3.8, 4) is 0 Å². The van der Waals surface area contributed by atoms with E-state index in [1.54, 1.807) is 54.4 Å². The number of Topliss-reactive ketones (excluding diaryl/α,β-unsaturated/α-hetero) is 3. The molecule has 16 atom stereocenters. The number of ether oxygens (including phenoxy) is 5. The molecule has 2 N–H and O–H groups in total. The minimum Gasteiger partial charge on any atom is -0.460 e. The molecular formula is C52H80NO14P. The standard InChI is InChI=1S/C52H80NO14P/c1-30-16-13-12-14-17-31(2)42(62-7)28-37-21-19-35(6)52(60,66-37)49(57)50(58)53-23-15-18-38-39(26-36-20-22-41(44(27-36)63-8)67-68(10,11)61)43(65-51(59)45(38)53)29-40(54)32(3)25-34(5)47(56)48(64-9)46(55)33(4)24-30/h12-14,16-17,25,30,32-33,35-39,41-45,47-48,56,60H,15,18-24,26-29H2,1-11H3/b14-12-,16-13-,31-17-,34-25-/t30-,32?,33?,35?,36?,37+,38-,39?,41-,42+,43+,44?,45?,47?,48+,52?/m1/s1. The lowest BCUT2D eigenvalue weighted by Gasteiger charge is -2.50. The molecule has 4 aliphatic heterocycles. The Balaban J connectivity index is 1.51. The van der Waals surface area contributed by atoms with E-state index in [-0.39, 0.29) is 48.6 Å². The van der Waals surface area contributed by atoms with Gasteiger partial charge in [-0.1, -0.05) is 64.2 Å². The van der Waals surface area contributed by atoms with E-state index in [2.05, 4.69) is 0 Å². The van der Waals surface area contributed by atoms with Gasteiger partial charge in [0, 0.05) is 77.7 Å². The number of hydrogen-bond acceptors (Lipinski definition) is 14. The number of hydrogen-bond donors (Lipinski definition) is 2. The van der Waals surface area contributed by atoms with Crippen molar-refractivity contribution in [3.05, 3.63) is 47.6 Å². The first-order chi connectivity index (χ1) is 32.0. The fourth-order valence-electron chi connectivity index (χ4n) is 11.4. The number of esters is 1. The van der Waals surface area contributed by atoms with E-state index < -0.39 is 97.0 Å². The van der Waals surface area contributed by atoms with Gasteiger partial charge in [-0.2, -0.15) is 0 Å². The minimum absolute atomic E-state index is 0.0155. The predicted octanol–water partition coefficient (Wildman–Crippen LogP) is 6.96. The van der Waals surface area contributed by atoms with Crippen molar-refractivity contribution in [1.82, 2.24) is 4.90 Å². The largest absolute Gasteiger partial charge is 0.460 e. The van der Waals surface area contributed by atoms with E-state index in [1.807, 2.05) is 51.2 Å². The van der Waals surface area contributed by atoms with Crippen molar-refractivity contribution >= 4 is 36.6 Å². The van der Waals surface area contributed by atoms with Gasteiger partial charge in [-0.25, -0.2) is 4.79 Å². The highest BCUT2D eigenvalue weighted by Gasteiger charge is 2.57. The van der Waals surface area contributed by atoms with Gasteiger partial charge in [0.1, 0.15) is 30.1 Å². The Labute approximate surface area is 404 Å². The molecule has 1 saturated carbocycles. The molecule has 1 amide bonds. The molecule has 1 aliphatic carbocycles. The maximum Gasteiger partial charge on any atom is 0.329 e. The van der Waals surface area contributed by atoms with Crippen LogP contribution >= 0.6 is 7.37 Å². The van der Waals surface area contributed by atoms with E-state index in [4.69, 9.17) is 28.2 Å². The second-order valence-corrected chi connectivity index (χ2v) is 23.6.